The predicted octanol–water partition coefficient (Wildman–Crippen LogP) is 0.698. The van der Waals surface area contributed by atoms with Crippen LogP contribution < -0.4 is 0 Å². The van der Waals surface area contributed by atoms with Gasteiger partial charge >= 0.3 is 0 Å². The molecule has 2 heteroatoms. The highest BCUT2D eigenvalue weighted by molar-refractivity contribution is 5.29. The highest BCUT2D eigenvalue weighted by Crippen LogP contribution is 2.47. The Morgan fingerprint density at radius 2 is 2.18 bits per heavy atom. The molecular weight excluding hydrogens is 140 g/mol. The minimum Gasteiger partial charge on any atom is -0.396 e. The second kappa shape index (κ2) is 2.61. The third-order valence-electron chi connectivity index (χ3n) is 3.16. The lowest BCUT2D eigenvalue weighted by Gasteiger charge is -2.20. The standard InChI is InChI=1S/C9H14O2/c10-4-8-6-1-2-7(3-6)9(8)5-11/h6,8,10-11H,1-5H2. The first-order valence-electron chi connectivity index (χ1n) is 4.29. The average molecular weight is 154 g/mol. The Balaban J connectivity index is 2.24. The van der Waals surface area contributed by atoms with Crippen LogP contribution in [-0.2, 0) is 0 Å². The van der Waals surface area contributed by atoms with Gasteiger partial charge in [-0.1, -0.05) is 5.57 Å². The van der Waals surface area contributed by atoms with Gasteiger partial charge in [0.05, 0.1) is 6.61 Å². The summed E-state index contributed by atoms with van der Waals surface area (Å²) in [5.74, 6) is 0.945. The number of aliphatic hydroxyl groups is 2. The van der Waals surface area contributed by atoms with Crippen LogP contribution in [-0.4, -0.2) is 23.4 Å². The molecule has 0 spiro atoms. The van der Waals surface area contributed by atoms with E-state index in [1.54, 1.807) is 0 Å². The summed E-state index contributed by atoms with van der Waals surface area (Å²) in [4.78, 5) is 0. The molecule has 2 nitrogen and oxygen atoms in total. The number of allylic oxidation sites excluding steroid dienone is 1. The average Bonchev–Trinajstić information content (AvgIpc) is 2.60. The van der Waals surface area contributed by atoms with Gasteiger partial charge in [0, 0.05) is 12.5 Å². The lowest BCUT2D eigenvalue weighted by molar-refractivity contribution is 0.191. The number of hydrogen-bond acceptors (Lipinski definition) is 2. The molecule has 0 amide bonds. The van der Waals surface area contributed by atoms with Crippen molar-refractivity contribution in [2.75, 3.05) is 13.2 Å². The van der Waals surface area contributed by atoms with Crippen molar-refractivity contribution in [3.05, 3.63) is 11.1 Å². The number of hydrogen-bond donors (Lipinski definition) is 2. The molecule has 0 aromatic heterocycles. The minimum absolute atomic E-state index is 0.164. The zero-order valence-electron chi connectivity index (χ0n) is 6.58. The number of aliphatic hydroxyl groups excluding tert-OH is 2. The lowest BCUT2D eigenvalue weighted by atomic mass is 9.87. The molecule has 2 aliphatic rings. The normalized spacial score (nSPS) is 35.5. The molecule has 11 heavy (non-hydrogen) atoms. The molecule has 0 aromatic rings. The zero-order valence-corrected chi connectivity index (χ0v) is 6.58. The van der Waals surface area contributed by atoms with Gasteiger partial charge in [-0.3, -0.25) is 0 Å². The Kier molecular flexibility index (Phi) is 1.74. The van der Waals surface area contributed by atoms with E-state index in [-0.39, 0.29) is 13.2 Å². The van der Waals surface area contributed by atoms with E-state index in [9.17, 15) is 0 Å². The monoisotopic (exact) mass is 154 g/mol. The first-order valence-corrected chi connectivity index (χ1v) is 4.29. The van der Waals surface area contributed by atoms with Crippen molar-refractivity contribution >= 4 is 0 Å². The van der Waals surface area contributed by atoms with E-state index in [1.165, 1.54) is 12.0 Å². The fraction of sp³-hybridized carbons (Fsp3) is 0.778. The molecule has 62 valence electrons. The third kappa shape index (κ3) is 0.932. The van der Waals surface area contributed by atoms with E-state index in [0.29, 0.717) is 11.8 Å². The molecule has 2 aliphatic carbocycles. The van der Waals surface area contributed by atoms with Crippen molar-refractivity contribution in [1.82, 2.24) is 0 Å². The van der Waals surface area contributed by atoms with Gasteiger partial charge in [0.25, 0.3) is 0 Å². The van der Waals surface area contributed by atoms with E-state index in [4.69, 9.17) is 10.2 Å². The molecule has 0 aliphatic heterocycles. The summed E-state index contributed by atoms with van der Waals surface area (Å²) in [5.41, 5.74) is 2.57. The summed E-state index contributed by atoms with van der Waals surface area (Å²) in [6.45, 7) is 0.390. The Bertz CT molecular complexity index is 196. The Morgan fingerprint density at radius 3 is 2.73 bits per heavy atom. The van der Waals surface area contributed by atoms with Gasteiger partial charge in [-0.25, -0.2) is 0 Å². The van der Waals surface area contributed by atoms with Crippen LogP contribution in [0.4, 0.5) is 0 Å². The molecule has 2 rings (SSSR count). The van der Waals surface area contributed by atoms with Crippen LogP contribution in [0.5, 0.6) is 0 Å². The number of fused-ring (bicyclic) bond motifs is 2. The van der Waals surface area contributed by atoms with Crippen molar-refractivity contribution in [3.63, 3.8) is 0 Å². The van der Waals surface area contributed by atoms with E-state index >= 15 is 0 Å². The summed E-state index contributed by atoms with van der Waals surface area (Å²) >= 11 is 0. The summed E-state index contributed by atoms with van der Waals surface area (Å²) in [5, 5.41) is 18.1. The fourth-order valence-corrected chi connectivity index (χ4v) is 2.55. The maximum atomic E-state index is 9.04. The van der Waals surface area contributed by atoms with E-state index in [1.807, 2.05) is 0 Å². The van der Waals surface area contributed by atoms with Crippen molar-refractivity contribution in [2.24, 2.45) is 11.8 Å². The first kappa shape index (κ1) is 7.32. The molecule has 0 heterocycles. The van der Waals surface area contributed by atoms with Gasteiger partial charge in [-0.05, 0) is 30.8 Å². The van der Waals surface area contributed by atoms with Crippen molar-refractivity contribution in [3.8, 4) is 0 Å². The molecule has 1 saturated carbocycles. The molecule has 1 fully saturated rings. The Hall–Kier alpha value is -0.340. The molecule has 0 saturated heterocycles. The molecule has 0 radical (unpaired) electrons. The van der Waals surface area contributed by atoms with Gasteiger partial charge < -0.3 is 10.2 Å². The first-order chi connectivity index (χ1) is 5.36. The summed E-state index contributed by atoms with van der Waals surface area (Å²) in [6, 6.07) is 0. The highest BCUT2D eigenvalue weighted by Gasteiger charge is 2.37. The number of rotatable bonds is 2. The summed E-state index contributed by atoms with van der Waals surface area (Å²) in [7, 11) is 0. The van der Waals surface area contributed by atoms with Crippen LogP contribution in [0.25, 0.3) is 0 Å². The van der Waals surface area contributed by atoms with Crippen molar-refractivity contribution in [2.45, 2.75) is 19.3 Å². The van der Waals surface area contributed by atoms with E-state index < -0.39 is 0 Å². The zero-order chi connectivity index (χ0) is 7.84. The lowest BCUT2D eigenvalue weighted by Crippen LogP contribution is -2.18. The molecule has 2 atom stereocenters. The quantitative estimate of drug-likeness (QED) is 0.575. The van der Waals surface area contributed by atoms with E-state index in [2.05, 4.69) is 0 Å². The summed E-state index contributed by atoms with van der Waals surface area (Å²) in [6.07, 6.45) is 3.53. The largest absolute Gasteiger partial charge is 0.396 e. The van der Waals surface area contributed by atoms with Gasteiger partial charge in [-0.2, -0.15) is 0 Å². The van der Waals surface area contributed by atoms with Crippen LogP contribution >= 0.6 is 0 Å². The van der Waals surface area contributed by atoms with Crippen molar-refractivity contribution < 1.29 is 10.2 Å². The maximum absolute atomic E-state index is 9.04. The van der Waals surface area contributed by atoms with Gasteiger partial charge in [-0.15, -0.1) is 0 Å². The molecule has 2 bridgehead atoms. The third-order valence-corrected chi connectivity index (χ3v) is 3.16. The fourth-order valence-electron chi connectivity index (χ4n) is 2.55. The predicted molar refractivity (Wildman–Crippen MR) is 42.0 cm³/mol. The van der Waals surface area contributed by atoms with Gasteiger partial charge in [0.2, 0.25) is 0 Å². The summed E-state index contributed by atoms with van der Waals surface area (Å²) < 4.78 is 0. The smallest absolute Gasteiger partial charge is 0.0648 e. The maximum Gasteiger partial charge on any atom is 0.0648 e. The van der Waals surface area contributed by atoms with Crippen LogP contribution in [0.15, 0.2) is 11.1 Å². The molecule has 2 N–H and O–H groups in total. The van der Waals surface area contributed by atoms with Crippen LogP contribution in [0.3, 0.4) is 0 Å². The Morgan fingerprint density at radius 1 is 1.36 bits per heavy atom. The Labute approximate surface area is 66.5 Å². The topological polar surface area (TPSA) is 40.5 Å². The van der Waals surface area contributed by atoms with E-state index in [0.717, 1.165) is 18.4 Å². The second-order valence-corrected chi connectivity index (χ2v) is 3.58. The van der Waals surface area contributed by atoms with Crippen LogP contribution in [0.2, 0.25) is 0 Å². The molecule has 0 aromatic carbocycles. The van der Waals surface area contributed by atoms with Crippen LogP contribution in [0, 0.1) is 11.8 Å². The highest BCUT2D eigenvalue weighted by atomic mass is 16.3. The van der Waals surface area contributed by atoms with Gasteiger partial charge in [0.1, 0.15) is 0 Å². The van der Waals surface area contributed by atoms with Crippen molar-refractivity contribution in [1.29, 1.82) is 0 Å². The SMILES string of the molecule is OCC1=C2CCC(C2)C1CO. The van der Waals surface area contributed by atoms with Crippen LogP contribution in [0.1, 0.15) is 19.3 Å². The molecule has 2 unspecified atom stereocenters. The molecular formula is C9H14O2. The minimum atomic E-state index is 0.164. The van der Waals surface area contributed by atoms with Gasteiger partial charge in [0.15, 0.2) is 0 Å². The second-order valence-electron chi connectivity index (χ2n) is 3.58.